The fourth-order valence-corrected chi connectivity index (χ4v) is 7.92. The van der Waals surface area contributed by atoms with Gasteiger partial charge in [0, 0.05) is 50.8 Å². The summed E-state index contributed by atoms with van der Waals surface area (Å²) >= 11 is 0. The predicted octanol–water partition coefficient (Wildman–Crippen LogP) is 5.23. The molecule has 4 aliphatic rings. The van der Waals surface area contributed by atoms with Gasteiger partial charge in [-0.1, -0.05) is 0 Å². The number of alkyl halides is 2. The number of halogens is 2. The van der Waals surface area contributed by atoms with Crippen molar-refractivity contribution < 1.29 is 31.5 Å². The van der Waals surface area contributed by atoms with Crippen LogP contribution in [-0.2, 0) is 32.4 Å². The number of rotatable bonds is 9. The molecule has 0 bridgehead atoms. The summed E-state index contributed by atoms with van der Waals surface area (Å²) in [4.78, 5) is 39.8. The molecular weight excluding hydrogens is 630 g/mol. The number of aryl methyl sites for hydroxylation is 1. The maximum atomic E-state index is 14.3. The molecule has 47 heavy (non-hydrogen) atoms. The highest BCUT2D eigenvalue weighted by Crippen LogP contribution is 2.54. The van der Waals surface area contributed by atoms with Crippen LogP contribution in [-0.4, -0.2) is 73.7 Å². The second-order valence-electron chi connectivity index (χ2n) is 13.9. The van der Waals surface area contributed by atoms with Crippen LogP contribution in [0.5, 0.6) is 0 Å². The van der Waals surface area contributed by atoms with E-state index in [0.717, 1.165) is 43.5 Å². The van der Waals surface area contributed by atoms with E-state index in [0.29, 0.717) is 46.8 Å². The summed E-state index contributed by atoms with van der Waals surface area (Å²) in [5, 5.41) is 2.96. The molecule has 6 rings (SSSR count). The van der Waals surface area contributed by atoms with Crippen LogP contribution in [0.1, 0.15) is 92.9 Å². The third-order valence-corrected chi connectivity index (χ3v) is 12.3. The molecule has 2 N–H and O–H groups in total. The number of ether oxygens (including phenoxy) is 1. The summed E-state index contributed by atoms with van der Waals surface area (Å²) < 4.78 is 60.9. The van der Waals surface area contributed by atoms with Crippen molar-refractivity contribution in [1.82, 2.24) is 9.97 Å². The molecule has 11 nitrogen and oxygen atoms in total. The molecule has 3 fully saturated rings. The van der Waals surface area contributed by atoms with Gasteiger partial charge < -0.3 is 19.9 Å². The van der Waals surface area contributed by atoms with Crippen molar-refractivity contribution in [3.05, 3.63) is 34.5 Å². The Morgan fingerprint density at radius 3 is 2.23 bits per heavy atom. The van der Waals surface area contributed by atoms with E-state index in [9.17, 15) is 26.8 Å². The molecule has 14 heteroatoms. The van der Waals surface area contributed by atoms with Crippen LogP contribution in [0.2, 0.25) is 0 Å². The Morgan fingerprint density at radius 2 is 1.60 bits per heavy atom. The van der Waals surface area contributed by atoms with Gasteiger partial charge in [-0.25, -0.2) is 22.2 Å². The van der Waals surface area contributed by atoms with Gasteiger partial charge in [0.1, 0.15) is 5.82 Å². The highest BCUT2D eigenvalue weighted by Gasteiger charge is 2.46. The summed E-state index contributed by atoms with van der Waals surface area (Å²) in [6, 6.07) is 3.39. The molecule has 1 aromatic carbocycles. The third kappa shape index (κ3) is 6.62. The van der Waals surface area contributed by atoms with E-state index in [2.05, 4.69) is 24.9 Å². The molecule has 2 aliphatic carbocycles. The Hall–Kier alpha value is -3.55. The largest absolute Gasteiger partial charge is 0.465 e. The number of amides is 1. The highest BCUT2D eigenvalue weighted by molar-refractivity contribution is 7.94. The normalized spacial score (nSPS) is 20.1. The van der Waals surface area contributed by atoms with Gasteiger partial charge in [0.05, 0.1) is 23.5 Å². The fraction of sp³-hybridized carbons (Fsp3) is 0.636. The summed E-state index contributed by atoms with van der Waals surface area (Å²) in [7, 11) is -4.23. The van der Waals surface area contributed by atoms with Gasteiger partial charge >= 0.3 is 5.97 Å². The summed E-state index contributed by atoms with van der Waals surface area (Å²) in [5.74, 6) is -3.37. The fourth-order valence-electron chi connectivity index (χ4n) is 6.92. The average molecular weight is 675 g/mol. The topological polar surface area (TPSA) is 134 Å². The molecule has 1 amide bonds. The van der Waals surface area contributed by atoms with Crippen molar-refractivity contribution in [2.24, 2.45) is 5.41 Å². The summed E-state index contributed by atoms with van der Waals surface area (Å²) in [6.45, 7) is 7.78. The van der Waals surface area contributed by atoms with Crippen LogP contribution < -0.4 is 19.8 Å². The number of hydrogen-bond acceptors (Lipinski definition) is 9. The number of aromatic nitrogens is 2. The van der Waals surface area contributed by atoms with Crippen molar-refractivity contribution in [2.45, 2.75) is 96.2 Å². The number of carbonyl (C=O) groups excluding carboxylic acids is 2. The zero-order valence-corrected chi connectivity index (χ0v) is 28.4. The molecule has 2 saturated heterocycles. The number of anilines is 4. The standard InChI is InChI=1S/C33H44F2N6O5S/c1-5-46-29(43)31(3,4)47(44,45)39-24-20-25(40-15-11-32(9-10-32)12-16-40)27(23-8-6-7-22(23)24)28(42)37-26-19-21(2)36-30(38-26)41-17-13-33(34,35)14-18-41/h19-20,39H,5-18H2,1-4H3,(H,36,37,38,42). The number of sulfonamides is 1. The van der Waals surface area contributed by atoms with Gasteiger partial charge in [0.25, 0.3) is 11.8 Å². The highest BCUT2D eigenvalue weighted by atomic mass is 32.2. The molecule has 1 aromatic heterocycles. The van der Waals surface area contributed by atoms with Gasteiger partial charge in [-0.3, -0.25) is 14.3 Å². The lowest BCUT2D eigenvalue weighted by Gasteiger charge is -2.36. The zero-order valence-electron chi connectivity index (χ0n) is 27.5. The molecule has 2 aliphatic heterocycles. The number of piperidine rings is 2. The number of fused-ring (bicyclic) bond motifs is 1. The van der Waals surface area contributed by atoms with E-state index in [1.54, 1.807) is 30.9 Å². The van der Waals surface area contributed by atoms with Gasteiger partial charge in [-0.2, -0.15) is 4.98 Å². The Bertz CT molecular complexity index is 1670. The van der Waals surface area contributed by atoms with Crippen molar-refractivity contribution in [2.75, 3.05) is 52.6 Å². The number of hydrogen-bond donors (Lipinski definition) is 2. The van der Waals surface area contributed by atoms with Gasteiger partial charge in [-0.15, -0.1) is 0 Å². The quantitative estimate of drug-likeness (QED) is 0.343. The summed E-state index contributed by atoms with van der Waals surface area (Å²) in [5.41, 5.74) is 3.94. The van der Waals surface area contributed by atoms with E-state index in [1.807, 2.05) is 0 Å². The van der Waals surface area contributed by atoms with E-state index in [-0.39, 0.29) is 44.3 Å². The summed E-state index contributed by atoms with van der Waals surface area (Å²) in [6.07, 6.45) is 5.69. The smallest absolute Gasteiger partial charge is 0.328 e. The zero-order chi connectivity index (χ0) is 33.8. The first-order valence-electron chi connectivity index (χ1n) is 16.6. The third-order valence-electron chi connectivity index (χ3n) is 10.3. The first-order valence-corrected chi connectivity index (χ1v) is 18.1. The molecular formula is C33H44F2N6O5S. The van der Waals surface area contributed by atoms with Gasteiger partial charge in [0.15, 0.2) is 4.75 Å². The molecule has 0 atom stereocenters. The van der Waals surface area contributed by atoms with Crippen LogP contribution in [0, 0.1) is 12.3 Å². The first kappa shape index (κ1) is 33.4. The number of nitrogens with one attached hydrogen (secondary N) is 2. The van der Waals surface area contributed by atoms with Gasteiger partial charge in [-0.05, 0) is 95.2 Å². The van der Waals surface area contributed by atoms with E-state index in [4.69, 9.17) is 4.74 Å². The van der Waals surface area contributed by atoms with Crippen molar-refractivity contribution in [3.8, 4) is 0 Å². The van der Waals surface area contributed by atoms with Crippen LogP contribution in [0.4, 0.5) is 31.9 Å². The second kappa shape index (κ2) is 12.2. The minimum Gasteiger partial charge on any atom is -0.465 e. The van der Waals surface area contributed by atoms with Crippen molar-refractivity contribution >= 4 is 45.0 Å². The minimum absolute atomic E-state index is 0.0545. The Kier molecular flexibility index (Phi) is 8.63. The lowest BCUT2D eigenvalue weighted by Crippen LogP contribution is -2.45. The second-order valence-corrected chi connectivity index (χ2v) is 16.2. The van der Waals surface area contributed by atoms with E-state index in [1.165, 1.54) is 26.7 Å². The van der Waals surface area contributed by atoms with Crippen molar-refractivity contribution in [1.29, 1.82) is 0 Å². The number of esters is 1. The lowest BCUT2D eigenvalue weighted by atomic mass is 9.91. The van der Waals surface area contributed by atoms with Crippen LogP contribution in [0.15, 0.2) is 12.1 Å². The van der Waals surface area contributed by atoms with Crippen LogP contribution >= 0.6 is 0 Å². The SMILES string of the molecule is CCOC(=O)C(C)(C)S(=O)(=O)Nc1cc(N2CCC3(CC2)CC3)c(C(=O)Nc2cc(C)nc(N3CCC(F)(F)CC3)n2)c2c1CCC2. The molecule has 3 heterocycles. The molecule has 0 unspecified atom stereocenters. The number of carbonyl (C=O) groups is 2. The average Bonchev–Trinajstić information content (AvgIpc) is 3.56. The Labute approximate surface area is 274 Å². The minimum atomic E-state index is -4.23. The molecule has 1 spiro atoms. The van der Waals surface area contributed by atoms with Crippen molar-refractivity contribution in [3.63, 3.8) is 0 Å². The maximum absolute atomic E-state index is 14.3. The first-order chi connectivity index (χ1) is 22.1. The monoisotopic (exact) mass is 674 g/mol. The van der Waals surface area contributed by atoms with Crippen LogP contribution in [0.25, 0.3) is 0 Å². The van der Waals surface area contributed by atoms with E-state index < -0.39 is 26.7 Å². The maximum Gasteiger partial charge on any atom is 0.328 e. The molecule has 2 aromatic rings. The number of benzene rings is 1. The molecule has 256 valence electrons. The van der Waals surface area contributed by atoms with Crippen LogP contribution in [0.3, 0.4) is 0 Å². The Morgan fingerprint density at radius 1 is 0.957 bits per heavy atom. The predicted molar refractivity (Wildman–Crippen MR) is 176 cm³/mol. The Balaban J connectivity index is 1.35. The molecule has 0 radical (unpaired) electrons. The van der Waals surface area contributed by atoms with Gasteiger partial charge in [0.2, 0.25) is 16.0 Å². The molecule has 1 saturated carbocycles. The number of nitrogens with zero attached hydrogens (tertiary/aromatic N) is 4. The van der Waals surface area contributed by atoms with E-state index >= 15 is 0 Å². The lowest BCUT2D eigenvalue weighted by molar-refractivity contribution is -0.145.